The van der Waals surface area contributed by atoms with Crippen LogP contribution in [0, 0.1) is 26.7 Å². The van der Waals surface area contributed by atoms with E-state index in [4.69, 9.17) is 4.74 Å². The van der Waals surface area contributed by atoms with Crippen molar-refractivity contribution in [2.75, 3.05) is 26.7 Å². The second kappa shape index (κ2) is 13.1. The van der Waals surface area contributed by atoms with Crippen molar-refractivity contribution in [2.45, 2.75) is 62.7 Å². The Balaban J connectivity index is 0.00000240. The zero-order valence-electron chi connectivity index (χ0n) is 18.8. The molecule has 1 aromatic carbocycles. The lowest BCUT2D eigenvalue weighted by Crippen LogP contribution is -2.44. The minimum absolute atomic E-state index is 0. The van der Waals surface area contributed by atoms with Crippen molar-refractivity contribution >= 4 is 15.9 Å². The van der Waals surface area contributed by atoms with E-state index in [0.29, 0.717) is 25.4 Å². The van der Waals surface area contributed by atoms with Crippen LogP contribution in [0.5, 0.6) is 5.75 Å². The van der Waals surface area contributed by atoms with Crippen LogP contribution in [0.4, 0.5) is 0 Å². The van der Waals surface area contributed by atoms with Crippen LogP contribution >= 0.6 is 0 Å². The summed E-state index contributed by atoms with van der Waals surface area (Å²) in [5.41, 5.74) is 0. The third-order valence-electron chi connectivity index (χ3n) is 6.01. The normalized spacial score (nSPS) is 21.0. The maximum absolute atomic E-state index is 13.0. The lowest BCUT2D eigenvalue weighted by Gasteiger charge is -2.32. The van der Waals surface area contributed by atoms with Crippen LogP contribution in [0.25, 0.3) is 0 Å². The number of methoxy groups -OCH3 is 1. The fraction of sp³-hybridized carbons (Fsp3) is 0.583. The molecule has 1 saturated heterocycles. The van der Waals surface area contributed by atoms with Gasteiger partial charge < -0.3 is 10.1 Å². The molecule has 173 valence electrons. The highest BCUT2D eigenvalue weighted by Gasteiger charge is 2.31. The van der Waals surface area contributed by atoms with Gasteiger partial charge in [-0.1, -0.05) is 47.0 Å². The van der Waals surface area contributed by atoms with Crippen LogP contribution in [0.3, 0.4) is 0 Å². The van der Waals surface area contributed by atoms with Crippen LogP contribution in [-0.2, 0) is 14.8 Å². The van der Waals surface area contributed by atoms with E-state index in [1.165, 1.54) is 19.3 Å². The molecular weight excluding hydrogens is 412 g/mol. The van der Waals surface area contributed by atoms with E-state index in [1.807, 2.05) is 0 Å². The number of hydrogen-bond donors (Lipinski definition) is 1. The Kier molecular flexibility index (Phi) is 11.6. The average molecular weight is 450 g/mol. The zero-order chi connectivity index (χ0) is 20.7. The topological polar surface area (TPSA) is 75.7 Å². The van der Waals surface area contributed by atoms with Gasteiger partial charge in [0.2, 0.25) is 15.9 Å². The summed E-state index contributed by atoms with van der Waals surface area (Å²) in [5, 5.41) is 3.08. The van der Waals surface area contributed by atoms with Gasteiger partial charge in [0, 0.05) is 19.6 Å². The minimum Gasteiger partial charge on any atom is -0.497 e. The lowest BCUT2D eigenvalue weighted by molar-refractivity contribution is -0.120. The van der Waals surface area contributed by atoms with E-state index in [1.54, 1.807) is 35.7 Å². The number of nitrogens with zero attached hydrogens (tertiary/aromatic N) is 1. The first-order valence-electron chi connectivity index (χ1n) is 10.8. The SMILES string of the molecule is COc1ccc(S(=O)(=O)N2CCCC(CNC(=O)[C]3CCCCCCC3)C2)cc1.[CH2].[CH2]. The van der Waals surface area contributed by atoms with Gasteiger partial charge in [0.05, 0.1) is 17.9 Å². The molecule has 0 spiro atoms. The Morgan fingerprint density at radius 3 is 2.26 bits per heavy atom. The molecule has 3 rings (SSSR count). The molecule has 7 heteroatoms. The van der Waals surface area contributed by atoms with Crippen molar-refractivity contribution in [3.63, 3.8) is 0 Å². The molecule has 1 aromatic rings. The summed E-state index contributed by atoms with van der Waals surface area (Å²) in [5.74, 6) is 1.87. The first kappa shape index (κ1) is 27.4. The van der Waals surface area contributed by atoms with E-state index >= 15 is 0 Å². The molecule has 1 unspecified atom stereocenters. The summed E-state index contributed by atoms with van der Waals surface area (Å²) in [6.45, 7) is 1.51. The van der Waals surface area contributed by atoms with Gasteiger partial charge in [-0.3, -0.25) is 4.79 Å². The number of amides is 1. The maximum Gasteiger partial charge on any atom is 0.243 e. The molecule has 1 aliphatic heterocycles. The van der Waals surface area contributed by atoms with Gasteiger partial charge in [-0.2, -0.15) is 4.31 Å². The first-order chi connectivity index (χ1) is 14.0. The number of sulfonamides is 1. The van der Waals surface area contributed by atoms with Crippen LogP contribution in [0.2, 0.25) is 0 Å². The van der Waals surface area contributed by atoms with Gasteiger partial charge in [0.25, 0.3) is 0 Å². The van der Waals surface area contributed by atoms with E-state index < -0.39 is 10.0 Å². The molecule has 2 fully saturated rings. The number of hydrogen-bond acceptors (Lipinski definition) is 4. The Morgan fingerprint density at radius 2 is 1.65 bits per heavy atom. The number of carbonyl (C=O) groups excluding carboxylic acids is 1. The molecule has 1 saturated carbocycles. The van der Waals surface area contributed by atoms with Crippen molar-refractivity contribution in [1.82, 2.24) is 9.62 Å². The van der Waals surface area contributed by atoms with Crippen LogP contribution < -0.4 is 10.1 Å². The number of piperidine rings is 1. The van der Waals surface area contributed by atoms with Crippen molar-refractivity contribution in [2.24, 2.45) is 5.92 Å². The number of rotatable bonds is 6. The Labute approximate surface area is 189 Å². The zero-order valence-corrected chi connectivity index (χ0v) is 19.6. The smallest absolute Gasteiger partial charge is 0.243 e. The molecule has 1 amide bonds. The molecule has 2 aliphatic rings. The van der Waals surface area contributed by atoms with Crippen LogP contribution in [-0.4, -0.2) is 45.4 Å². The maximum atomic E-state index is 13.0. The van der Waals surface area contributed by atoms with E-state index in [0.717, 1.165) is 44.4 Å². The van der Waals surface area contributed by atoms with Crippen molar-refractivity contribution in [3.05, 3.63) is 45.0 Å². The summed E-state index contributed by atoms with van der Waals surface area (Å²) in [6.07, 6.45) is 9.42. The quantitative estimate of drug-likeness (QED) is 0.707. The first-order valence-corrected chi connectivity index (χ1v) is 12.2. The summed E-state index contributed by atoms with van der Waals surface area (Å²) in [6, 6.07) is 6.51. The molecule has 1 aliphatic carbocycles. The molecule has 1 N–H and O–H groups in total. The molecule has 31 heavy (non-hydrogen) atoms. The fourth-order valence-electron chi connectivity index (χ4n) is 4.23. The Hall–Kier alpha value is -1.60. The summed E-state index contributed by atoms with van der Waals surface area (Å²) in [7, 11) is -1.97. The molecule has 5 radical (unpaired) electrons. The number of nitrogens with one attached hydrogen (secondary N) is 1. The van der Waals surface area contributed by atoms with Crippen LogP contribution in [0.1, 0.15) is 57.8 Å². The van der Waals surface area contributed by atoms with Gasteiger partial charge in [-0.25, -0.2) is 8.42 Å². The number of benzene rings is 1. The molecule has 1 heterocycles. The highest BCUT2D eigenvalue weighted by atomic mass is 32.2. The lowest BCUT2D eigenvalue weighted by atomic mass is 9.90. The predicted octanol–water partition coefficient (Wildman–Crippen LogP) is 4.19. The molecule has 6 nitrogen and oxygen atoms in total. The average Bonchev–Trinajstić information content (AvgIpc) is 2.72. The van der Waals surface area contributed by atoms with E-state index in [9.17, 15) is 13.2 Å². The van der Waals surface area contributed by atoms with Crippen molar-refractivity contribution in [1.29, 1.82) is 0 Å². The summed E-state index contributed by atoms with van der Waals surface area (Å²) < 4.78 is 32.6. The summed E-state index contributed by atoms with van der Waals surface area (Å²) in [4.78, 5) is 12.9. The van der Waals surface area contributed by atoms with Gasteiger partial charge in [-0.05, 0) is 55.9 Å². The molecule has 1 atom stereocenters. The van der Waals surface area contributed by atoms with Crippen LogP contribution in [0.15, 0.2) is 29.2 Å². The predicted molar refractivity (Wildman–Crippen MR) is 124 cm³/mol. The van der Waals surface area contributed by atoms with Gasteiger partial charge in [-0.15, -0.1) is 0 Å². The minimum atomic E-state index is -3.53. The standard InChI is InChI=1S/C22H33N2O4S.2CH2/c1-28-20-11-13-21(14-12-20)29(26,27)24-15-7-8-18(17-24)16-23-22(25)19-9-5-3-2-4-6-10-19;;/h11-14,18H,2-10,15-17H2,1H3,(H,23,25);2*1H2. The second-order valence-electron chi connectivity index (χ2n) is 8.13. The highest BCUT2D eigenvalue weighted by Crippen LogP contribution is 2.26. The Morgan fingerprint density at radius 1 is 1.03 bits per heavy atom. The number of carbonyl (C=O) groups is 1. The fourth-order valence-corrected chi connectivity index (χ4v) is 5.78. The van der Waals surface area contributed by atoms with E-state index in [2.05, 4.69) is 5.32 Å². The molecule has 0 aromatic heterocycles. The Bertz CT molecular complexity index is 756. The second-order valence-corrected chi connectivity index (χ2v) is 10.1. The molecule has 0 bridgehead atoms. The van der Waals surface area contributed by atoms with Crippen molar-refractivity contribution < 1.29 is 17.9 Å². The third kappa shape index (κ3) is 7.49. The van der Waals surface area contributed by atoms with Gasteiger partial charge in [0.1, 0.15) is 5.75 Å². The van der Waals surface area contributed by atoms with Gasteiger partial charge in [0.15, 0.2) is 0 Å². The largest absolute Gasteiger partial charge is 0.497 e. The number of ether oxygens (including phenoxy) is 1. The molecular formula is C24H37N2O4S. The van der Waals surface area contributed by atoms with Crippen molar-refractivity contribution in [3.8, 4) is 5.75 Å². The summed E-state index contributed by atoms with van der Waals surface area (Å²) >= 11 is 0. The third-order valence-corrected chi connectivity index (χ3v) is 7.89. The van der Waals surface area contributed by atoms with E-state index in [-0.39, 0.29) is 31.6 Å². The highest BCUT2D eigenvalue weighted by molar-refractivity contribution is 7.89. The monoisotopic (exact) mass is 449 g/mol. The van der Waals surface area contributed by atoms with Gasteiger partial charge >= 0.3 is 0 Å².